The van der Waals surface area contributed by atoms with Gasteiger partial charge in [0.1, 0.15) is 47.5 Å². The van der Waals surface area contributed by atoms with Gasteiger partial charge in [-0.1, -0.05) is 29.3 Å². The summed E-state index contributed by atoms with van der Waals surface area (Å²) >= 11 is 12.0. The summed E-state index contributed by atoms with van der Waals surface area (Å²) in [7, 11) is 4.47. The standard InChI is InChI=1S/C28H29ClFNO6.C28H29ClFNO5/c1-35-24-9-10-26(31-27(24)18-5-7-21(30)20(29)14-18)28(34)11-3-4-19(28)16-22(33)17-6-8-23(37-13-12-32)25(15-17)36-2;1-17-5-10-26(31-27(17)19-6-8-22(30)21(29)14-19)28(34)11-3-4-20(28)16-23(33)18-7-9-24(36-13-12-32)25(15-18)35-2/h5-10,14-15,19,32,34H,3-4,11-13,16H2,1-2H3;5-10,14-15,20,32,34H,3-4,11-13,16H2,1-2H3/t19-,28-;20-,28+/m00/s1. The summed E-state index contributed by atoms with van der Waals surface area (Å²) < 4.78 is 54.5. The summed E-state index contributed by atoms with van der Waals surface area (Å²) in [6.45, 7) is 1.85. The Hall–Kier alpha value is -6.20. The molecule has 13 nitrogen and oxygen atoms in total. The number of halogens is 4. The molecular weight excluding hydrogens is 986 g/mol. The van der Waals surface area contributed by atoms with E-state index in [0.29, 0.717) is 99.5 Å². The van der Waals surface area contributed by atoms with Crippen LogP contribution in [0.25, 0.3) is 22.5 Å². The van der Waals surface area contributed by atoms with Crippen molar-refractivity contribution in [2.75, 3.05) is 47.8 Å². The smallest absolute Gasteiger partial charge is 0.163 e. The molecule has 6 aromatic rings. The van der Waals surface area contributed by atoms with Crippen molar-refractivity contribution in [2.45, 2.75) is 69.5 Å². The highest BCUT2D eigenvalue weighted by Crippen LogP contribution is 2.48. The van der Waals surface area contributed by atoms with Crippen LogP contribution in [0, 0.1) is 30.4 Å². The average Bonchev–Trinajstić information content (AvgIpc) is 3.97. The van der Waals surface area contributed by atoms with Gasteiger partial charge in [0, 0.05) is 46.9 Å². The Kier molecular flexibility index (Phi) is 18.1. The zero-order valence-corrected chi connectivity index (χ0v) is 42.4. The van der Waals surface area contributed by atoms with Crippen molar-refractivity contribution in [3.8, 4) is 51.3 Å². The fourth-order valence-corrected chi connectivity index (χ4v) is 10.0. The van der Waals surface area contributed by atoms with E-state index in [1.54, 1.807) is 66.7 Å². The molecule has 0 saturated heterocycles. The molecule has 2 aromatic heterocycles. The van der Waals surface area contributed by atoms with Crippen LogP contribution in [0.2, 0.25) is 10.0 Å². The first-order valence-corrected chi connectivity index (χ1v) is 24.6. The van der Waals surface area contributed by atoms with Crippen LogP contribution in [-0.4, -0.2) is 89.7 Å². The topological polar surface area (TPSA) is 187 Å². The lowest BCUT2D eigenvalue weighted by Crippen LogP contribution is -2.33. The van der Waals surface area contributed by atoms with Crippen LogP contribution >= 0.6 is 23.2 Å². The molecule has 4 N–H and O–H groups in total. The summed E-state index contributed by atoms with van der Waals surface area (Å²) in [5.41, 5.74) is 2.33. The van der Waals surface area contributed by atoms with Gasteiger partial charge in [-0.25, -0.2) is 18.7 Å². The maximum atomic E-state index is 13.7. The first kappa shape index (κ1) is 54.6. The molecule has 386 valence electrons. The highest BCUT2D eigenvalue weighted by Gasteiger charge is 2.46. The predicted octanol–water partition coefficient (Wildman–Crippen LogP) is 10.7. The number of benzene rings is 4. The highest BCUT2D eigenvalue weighted by molar-refractivity contribution is 6.31. The first-order chi connectivity index (χ1) is 35.1. The molecule has 17 heteroatoms. The van der Waals surface area contributed by atoms with Crippen LogP contribution in [-0.2, 0) is 11.2 Å². The molecule has 4 aromatic carbocycles. The third-order valence-corrected chi connectivity index (χ3v) is 14.1. The van der Waals surface area contributed by atoms with Gasteiger partial charge < -0.3 is 44.1 Å². The van der Waals surface area contributed by atoms with Crippen molar-refractivity contribution in [2.24, 2.45) is 11.8 Å². The number of methoxy groups -OCH3 is 3. The van der Waals surface area contributed by atoms with Crippen molar-refractivity contribution in [3.63, 3.8) is 0 Å². The van der Waals surface area contributed by atoms with Gasteiger partial charge in [-0.15, -0.1) is 0 Å². The molecule has 8 rings (SSSR count). The van der Waals surface area contributed by atoms with E-state index in [2.05, 4.69) is 0 Å². The second-order valence-electron chi connectivity index (χ2n) is 18.0. The van der Waals surface area contributed by atoms with E-state index in [9.17, 15) is 28.6 Å². The lowest BCUT2D eigenvalue weighted by atomic mass is 9.82. The number of hydrogen-bond acceptors (Lipinski definition) is 13. The molecule has 0 amide bonds. The highest BCUT2D eigenvalue weighted by atomic mass is 35.5. The Labute approximate surface area is 432 Å². The number of pyridine rings is 2. The number of aromatic nitrogens is 2. The lowest BCUT2D eigenvalue weighted by Gasteiger charge is -2.30. The molecule has 0 radical (unpaired) electrons. The normalized spacial score (nSPS) is 19.2. The number of ketones is 2. The fourth-order valence-electron chi connectivity index (χ4n) is 9.66. The second kappa shape index (κ2) is 24.2. The number of aliphatic hydroxyl groups is 4. The molecule has 4 atom stereocenters. The number of nitrogens with zero attached hydrogens (tertiary/aromatic N) is 2. The molecule has 0 spiro atoms. The molecule has 0 bridgehead atoms. The van der Waals surface area contributed by atoms with Crippen molar-refractivity contribution in [3.05, 3.63) is 147 Å². The first-order valence-electron chi connectivity index (χ1n) is 23.9. The SMILES string of the molecule is COc1cc(C(=O)C[C@@H]2CCC[C@@]2(O)c2ccc(OC)c(-c3ccc(F)c(Cl)c3)n2)ccc1OCCO.COc1cc(C(=O)C[C@@H]2CCC[C@]2(O)c2ccc(C)c(-c3ccc(F)c(Cl)c3)n2)ccc1OCCO. The molecule has 2 aliphatic carbocycles. The van der Waals surface area contributed by atoms with E-state index >= 15 is 0 Å². The monoisotopic (exact) mass is 1040 g/mol. The molecule has 0 unspecified atom stereocenters. The van der Waals surface area contributed by atoms with Crippen LogP contribution in [0.4, 0.5) is 8.78 Å². The molecule has 73 heavy (non-hydrogen) atoms. The molecule has 2 fully saturated rings. The number of rotatable bonds is 19. The average molecular weight is 1040 g/mol. The Bertz CT molecular complexity index is 2940. The van der Waals surface area contributed by atoms with Crippen LogP contribution < -0.4 is 23.7 Å². The van der Waals surface area contributed by atoms with E-state index in [-0.39, 0.29) is 72.7 Å². The third kappa shape index (κ3) is 12.3. The number of carbonyl (C=O) groups excluding carboxylic acids is 2. The van der Waals surface area contributed by atoms with Gasteiger partial charge in [0.05, 0.1) is 61.7 Å². The van der Waals surface area contributed by atoms with Gasteiger partial charge in [-0.3, -0.25) is 9.59 Å². The maximum Gasteiger partial charge on any atom is 0.163 e. The van der Waals surface area contributed by atoms with E-state index in [1.165, 1.54) is 45.6 Å². The van der Waals surface area contributed by atoms with Crippen molar-refractivity contribution in [1.82, 2.24) is 9.97 Å². The molecule has 2 saturated carbocycles. The lowest BCUT2D eigenvalue weighted by molar-refractivity contribution is -0.00814. The second-order valence-corrected chi connectivity index (χ2v) is 18.8. The quantitative estimate of drug-likeness (QED) is 0.0562. The summed E-state index contributed by atoms with van der Waals surface area (Å²) in [6, 6.07) is 25.6. The fraction of sp³-hybridized carbons (Fsp3) is 0.357. The molecular formula is C56H58Cl2F2N2O11. The van der Waals surface area contributed by atoms with Gasteiger partial charge in [0.25, 0.3) is 0 Å². The summed E-state index contributed by atoms with van der Waals surface area (Å²) in [5.74, 6) is 0.129. The Morgan fingerprint density at radius 3 is 1.45 bits per heavy atom. The van der Waals surface area contributed by atoms with Crippen LogP contribution in [0.5, 0.6) is 28.7 Å². The third-order valence-electron chi connectivity index (χ3n) is 13.6. The number of aryl methyl sites for hydroxylation is 1. The van der Waals surface area contributed by atoms with Crippen molar-refractivity contribution in [1.29, 1.82) is 0 Å². The van der Waals surface area contributed by atoms with E-state index in [0.717, 1.165) is 18.4 Å². The van der Waals surface area contributed by atoms with Gasteiger partial charge in [0.2, 0.25) is 0 Å². The number of hydrogen-bond donors (Lipinski definition) is 4. The molecule has 2 heterocycles. The van der Waals surface area contributed by atoms with E-state index in [4.69, 9.17) is 67.1 Å². The Balaban J connectivity index is 0.000000214. The predicted molar refractivity (Wildman–Crippen MR) is 272 cm³/mol. The van der Waals surface area contributed by atoms with Gasteiger partial charge >= 0.3 is 0 Å². The molecule has 2 aliphatic rings. The minimum atomic E-state index is -1.32. The van der Waals surface area contributed by atoms with Crippen LogP contribution in [0.1, 0.15) is 89.0 Å². The van der Waals surface area contributed by atoms with Gasteiger partial charge in [-0.2, -0.15) is 0 Å². The zero-order chi connectivity index (χ0) is 52.5. The molecule has 0 aliphatic heterocycles. The zero-order valence-electron chi connectivity index (χ0n) is 40.9. The number of carbonyl (C=O) groups is 2. The minimum absolute atomic E-state index is 0.00496. The van der Waals surface area contributed by atoms with E-state index < -0.39 is 22.8 Å². The van der Waals surface area contributed by atoms with Crippen molar-refractivity contribution >= 4 is 34.8 Å². The van der Waals surface area contributed by atoms with Gasteiger partial charge in [-0.05, 0) is 142 Å². The van der Waals surface area contributed by atoms with Gasteiger partial charge in [0.15, 0.2) is 34.6 Å². The van der Waals surface area contributed by atoms with E-state index in [1.807, 2.05) is 13.0 Å². The van der Waals surface area contributed by atoms with Crippen LogP contribution in [0.3, 0.4) is 0 Å². The number of Topliss-reactive ketones (excluding diaryl/α,β-unsaturated/α-hetero) is 2. The summed E-state index contributed by atoms with van der Waals surface area (Å²) in [6.07, 6.45) is 4.03. The number of aliphatic hydroxyl groups excluding tert-OH is 2. The van der Waals surface area contributed by atoms with Crippen molar-refractivity contribution < 1.29 is 62.5 Å². The minimum Gasteiger partial charge on any atom is -0.494 e. The summed E-state index contributed by atoms with van der Waals surface area (Å²) in [4.78, 5) is 35.9. The largest absolute Gasteiger partial charge is 0.494 e. The maximum absolute atomic E-state index is 13.7. The Morgan fingerprint density at radius 2 is 1.01 bits per heavy atom. The van der Waals surface area contributed by atoms with Crippen LogP contribution in [0.15, 0.2) is 97.1 Å². The summed E-state index contributed by atoms with van der Waals surface area (Å²) in [5, 5.41) is 41.5. The Morgan fingerprint density at radius 1 is 0.589 bits per heavy atom. The number of ether oxygens (including phenoxy) is 5.